The van der Waals surface area contributed by atoms with E-state index in [1.165, 1.54) is 4.90 Å². The Balaban J connectivity index is 5.15. The molecule has 1 amide bonds. The van der Waals surface area contributed by atoms with Crippen molar-refractivity contribution < 1.29 is 30.3 Å². The molecule has 8 heteroatoms. The fraction of sp³-hybridized carbons (Fsp3) is 0.944. The first kappa shape index (κ1) is 25.2. The second-order valence-electron chi connectivity index (χ2n) is 8.89. The van der Waals surface area contributed by atoms with E-state index >= 15 is 0 Å². The van der Waals surface area contributed by atoms with E-state index in [0.717, 1.165) is 0 Å². The van der Waals surface area contributed by atoms with E-state index in [1.807, 2.05) is 27.8 Å². The quantitative estimate of drug-likeness (QED) is 0.349. The molecule has 0 aliphatic rings. The molecule has 4 unspecified atom stereocenters. The lowest BCUT2D eigenvalue weighted by atomic mass is 9.94. The molecule has 0 saturated carbocycles. The van der Waals surface area contributed by atoms with Crippen molar-refractivity contribution in [2.24, 2.45) is 5.41 Å². The van der Waals surface area contributed by atoms with Crippen LogP contribution < -0.4 is 0 Å². The summed E-state index contributed by atoms with van der Waals surface area (Å²) in [6.45, 7) is 11.4. The van der Waals surface area contributed by atoms with Crippen LogP contribution in [-0.4, -0.2) is 104 Å². The van der Waals surface area contributed by atoms with Crippen LogP contribution in [0.25, 0.3) is 0 Å². The van der Waals surface area contributed by atoms with Crippen LogP contribution in [-0.2, 0) is 4.79 Å². The summed E-state index contributed by atoms with van der Waals surface area (Å²) < 4.78 is 0. The highest BCUT2D eigenvalue weighted by atomic mass is 16.4. The molecular weight excluding hydrogens is 340 g/mol. The van der Waals surface area contributed by atoms with E-state index < -0.39 is 36.4 Å². The number of carbonyl (C=O) groups excluding carboxylic acids is 1. The van der Waals surface area contributed by atoms with E-state index in [1.54, 1.807) is 20.8 Å². The zero-order valence-corrected chi connectivity index (χ0v) is 17.2. The third kappa shape index (κ3) is 7.85. The van der Waals surface area contributed by atoms with Gasteiger partial charge in [0.1, 0.15) is 24.4 Å². The Bertz CT molecular complexity index is 432. The number of aliphatic hydroxyl groups excluding tert-OH is 5. The molecule has 0 rings (SSSR count). The van der Waals surface area contributed by atoms with Crippen molar-refractivity contribution in [1.82, 2.24) is 9.80 Å². The molecule has 26 heavy (non-hydrogen) atoms. The van der Waals surface area contributed by atoms with Gasteiger partial charge in [-0.1, -0.05) is 20.8 Å². The lowest BCUT2D eigenvalue weighted by Gasteiger charge is -2.37. The summed E-state index contributed by atoms with van der Waals surface area (Å²) in [5.41, 5.74) is -0.760. The summed E-state index contributed by atoms with van der Waals surface area (Å²) in [5, 5.41) is 48.3. The van der Waals surface area contributed by atoms with Gasteiger partial charge in [-0.2, -0.15) is 0 Å². The first-order valence-electron chi connectivity index (χ1n) is 8.96. The smallest absolute Gasteiger partial charge is 0.228 e. The van der Waals surface area contributed by atoms with E-state index in [9.17, 15) is 25.2 Å². The molecule has 0 saturated heterocycles. The normalized spacial score (nSPS) is 17.7. The standard InChI is InChI=1S/C18H38N2O6/c1-17(2,3)16(26)20(9-8-19(7)18(4,5)6)10-12(22)14(24)15(25)13(23)11-21/h12-15,21-25H,8-11H2,1-7H3. The van der Waals surface area contributed by atoms with Crippen molar-refractivity contribution in [1.29, 1.82) is 0 Å². The largest absolute Gasteiger partial charge is 0.394 e. The number of carbonyl (C=O) groups is 1. The number of hydrogen-bond acceptors (Lipinski definition) is 7. The molecule has 5 N–H and O–H groups in total. The van der Waals surface area contributed by atoms with Crippen LogP contribution in [0.5, 0.6) is 0 Å². The van der Waals surface area contributed by atoms with Gasteiger partial charge in [0, 0.05) is 30.6 Å². The first-order chi connectivity index (χ1) is 11.6. The fourth-order valence-corrected chi connectivity index (χ4v) is 2.25. The number of likely N-dealkylation sites (N-methyl/N-ethyl adjacent to an activating group) is 1. The van der Waals surface area contributed by atoms with Gasteiger partial charge in [0.15, 0.2) is 0 Å². The fourth-order valence-electron chi connectivity index (χ4n) is 2.25. The zero-order valence-electron chi connectivity index (χ0n) is 17.2. The predicted octanol–water partition coefficient (Wildman–Crippen LogP) is -0.973. The zero-order chi connectivity index (χ0) is 20.9. The Hall–Kier alpha value is -0.770. The molecule has 0 aliphatic heterocycles. The van der Waals surface area contributed by atoms with E-state index in [4.69, 9.17) is 5.11 Å². The van der Waals surface area contributed by atoms with Gasteiger partial charge in [-0.05, 0) is 27.8 Å². The lowest BCUT2D eigenvalue weighted by molar-refractivity contribution is -0.147. The Kier molecular flexibility index (Phi) is 9.67. The van der Waals surface area contributed by atoms with Gasteiger partial charge in [-0.25, -0.2) is 0 Å². The molecule has 0 fully saturated rings. The average Bonchev–Trinajstić information content (AvgIpc) is 2.53. The summed E-state index contributed by atoms with van der Waals surface area (Å²) in [6, 6.07) is 0. The predicted molar refractivity (Wildman–Crippen MR) is 99.5 cm³/mol. The summed E-state index contributed by atoms with van der Waals surface area (Å²) in [7, 11) is 1.94. The van der Waals surface area contributed by atoms with Crippen LogP contribution in [0.2, 0.25) is 0 Å². The van der Waals surface area contributed by atoms with Crippen LogP contribution in [0.15, 0.2) is 0 Å². The van der Waals surface area contributed by atoms with Crippen molar-refractivity contribution in [2.45, 2.75) is 71.5 Å². The van der Waals surface area contributed by atoms with Crippen LogP contribution in [0.4, 0.5) is 0 Å². The maximum Gasteiger partial charge on any atom is 0.228 e. The minimum absolute atomic E-state index is 0.0873. The Morgan fingerprint density at radius 3 is 1.73 bits per heavy atom. The summed E-state index contributed by atoms with van der Waals surface area (Å²) in [6.07, 6.45) is -6.43. The van der Waals surface area contributed by atoms with Crippen LogP contribution in [0, 0.1) is 5.41 Å². The van der Waals surface area contributed by atoms with E-state index in [2.05, 4.69) is 4.90 Å². The maximum absolute atomic E-state index is 12.7. The highest BCUT2D eigenvalue weighted by molar-refractivity contribution is 5.81. The second kappa shape index (κ2) is 9.96. The Morgan fingerprint density at radius 1 is 0.885 bits per heavy atom. The summed E-state index contributed by atoms with van der Waals surface area (Å²) in [4.78, 5) is 16.2. The molecule has 0 radical (unpaired) electrons. The lowest BCUT2D eigenvalue weighted by Crippen LogP contribution is -2.53. The van der Waals surface area contributed by atoms with Gasteiger partial charge in [-0.3, -0.25) is 9.69 Å². The van der Waals surface area contributed by atoms with E-state index in [0.29, 0.717) is 13.1 Å². The number of aliphatic hydroxyl groups is 5. The molecular formula is C18H38N2O6. The van der Waals surface area contributed by atoms with Crippen molar-refractivity contribution in [2.75, 3.05) is 33.3 Å². The molecule has 0 heterocycles. The minimum atomic E-state index is -1.71. The molecule has 0 aromatic rings. The SMILES string of the molecule is CN(CCN(CC(O)C(O)C(O)C(O)CO)C(=O)C(C)(C)C)C(C)(C)C. The number of hydrogen-bond donors (Lipinski definition) is 5. The Morgan fingerprint density at radius 2 is 1.35 bits per heavy atom. The topological polar surface area (TPSA) is 125 Å². The van der Waals surface area contributed by atoms with Gasteiger partial charge in [-0.15, -0.1) is 0 Å². The molecule has 8 nitrogen and oxygen atoms in total. The molecule has 0 spiro atoms. The summed E-state index contributed by atoms with van der Waals surface area (Å²) in [5.74, 6) is -0.191. The van der Waals surface area contributed by atoms with Crippen molar-refractivity contribution >= 4 is 5.91 Å². The average molecular weight is 379 g/mol. The van der Waals surface area contributed by atoms with Crippen LogP contribution in [0.1, 0.15) is 41.5 Å². The number of amides is 1. The van der Waals surface area contributed by atoms with Gasteiger partial charge >= 0.3 is 0 Å². The molecule has 156 valence electrons. The second-order valence-corrected chi connectivity index (χ2v) is 8.89. The summed E-state index contributed by atoms with van der Waals surface area (Å²) >= 11 is 0. The highest BCUT2D eigenvalue weighted by Gasteiger charge is 2.34. The van der Waals surface area contributed by atoms with Gasteiger partial charge in [0.2, 0.25) is 5.91 Å². The van der Waals surface area contributed by atoms with Gasteiger partial charge < -0.3 is 30.4 Å². The molecule has 0 bridgehead atoms. The number of rotatable bonds is 9. The minimum Gasteiger partial charge on any atom is -0.394 e. The monoisotopic (exact) mass is 378 g/mol. The van der Waals surface area contributed by atoms with Crippen molar-refractivity contribution in [3.8, 4) is 0 Å². The van der Waals surface area contributed by atoms with Crippen LogP contribution >= 0.6 is 0 Å². The van der Waals surface area contributed by atoms with Crippen molar-refractivity contribution in [3.63, 3.8) is 0 Å². The molecule has 0 aromatic heterocycles. The van der Waals surface area contributed by atoms with Gasteiger partial charge in [0.05, 0.1) is 6.61 Å². The first-order valence-corrected chi connectivity index (χ1v) is 8.96. The van der Waals surface area contributed by atoms with Crippen LogP contribution in [0.3, 0.4) is 0 Å². The molecule has 4 atom stereocenters. The Labute approximate surface area is 157 Å². The molecule has 0 aliphatic carbocycles. The third-order valence-corrected chi connectivity index (χ3v) is 4.51. The third-order valence-electron chi connectivity index (χ3n) is 4.51. The maximum atomic E-state index is 12.7. The van der Waals surface area contributed by atoms with E-state index in [-0.39, 0.29) is 18.0 Å². The molecule has 0 aromatic carbocycles. The van der Waals surface area contributed by atoms with Gasteiger partial charge in [0.25, 0.3) is 0 Å². The number of nitrogens with zero attached hydrogens (tertiary/aromatic N) is 2. The highest BCUT2D eigenvalue weighted by Crippen LogP contribution is 2.19. The van der Waals surface area contributed by atoms with Crippen molar-refractivity contribution in [3.05, 3.63) is 0 Å².